The summed E-state index contributed by atoms with van der Waals surface area (Å²) in [5.41, 5.74) is 0.732. The second kappa shape index (κ2) is 7.89. The van der Waals surface area contributed by atoms with E-state index in [4.69, 9.17) is 4.74 Å². The molecule has 2 aromatic rings. The molecule has 0 aromatic heterocycles. The first-order valence-electron chi connectivity index (χ1n) is 7.09. The molecule has 0 spiro atoms. The molecule has 0 saturated carbocycles. The Morgan fingerprint density at radius 2 is 1.71 bits per heavy atom. The van der Waals surface area contributed by atoms with E-state index in [2.05, 4.69) is 13.8 Å². The van der Waals surface area contributed by atoms with Crippen LogP contribution in [0.5, 0.6) is 5.75 Å². The van der Waals surface area contributed by atoms with Gasteiger partial charge in [-0.2, -0.15) is 0 Å². The van der Waals surface area contributed by atoms with Crippen molar-refractivity contribution in [2.24, 2.45) is 5.92 Å². The molecule has 0 N–H and O–H groups in total. The van der Waals surface area contributed by atoms with E-state index < -0.39 is 0 Å². The summed E-state index contributed by atoms with van der Waals surface area (Å²) in [4.78, 5) is 13.2. The second-order valence-electron chi connectivity index (χ2n) is 5.25. The zero-order chi connectivity index (χ0) is 15.1. The fourth-order valence-electron chi connectivity index (χ4n) is 1.75. The first kappa shape index (κ1) is 15.6. The zero-order valence-corrected chi connectivity index (χ0v) is 13.2. The third-order valence-electron chi connectivity index (χ3n) is 2.87. The maximum Gasteiger partial charge on any atom is 0.173 e. The summed E-state index contributed by atoms with van der Waals surface area (Å²) in [5.74, 6) is 1.90. The van der Waals surface area contributed by atoms with Crippen LogP contribution in [0.3, 0.4) is 0 Å². The topological polar surface area (TPSA) is 26.3 Å². The van der Waals surface area contributed by atoms with Crippen LogP contribution < -0.4 is 4.74 Å². The van der Waals surface area contributed by atoms with Gasteiger partial charge in [0.2, 0.25) is 0 Å². The van der Waals surface area contributed by atoms with Crippen molar-refractivity contribution < 1.29 is 9.53 Å². The average Bonchev–Trinajstić information content (AvgIpc) is 2.52. The zero-order valence-electron chi connectivity index (χ0n) is 12.4. The van der Waals surface area contributed by atoms with Gasteiger partial charge in [0.05, 0.1) is 12.4 Å². The maximum absolute atomic E-state index is 12.1. The van der Waals surface area contributed by atoms with Gasteiger partial charge in [-0.3, -0.25) is 4.79 Å². The van der Waals surface area contributed by atoms with E-state index in [0.717, 1.165) is 16.2 Å². The fraction of sp³-hybridized carbons (Fsp3) is 0.278. The summed E-state index contributed by atoms with van der Waals surface area (Å²) in [5, 5.41) is 0. The van der Waals surface area contributed by atoms with E-state index in [0.29, 0.717) is 18.3 Å². The quantitative estimate of drug-likeness (QED) is 0.548. The molecule has 0 radical (unpaired) electrons. The van der Waals surface area contributed by atoms with E-state index in [9.17, 15) is 4.79 Å². The molecule has 2 aromatic carbocycles. The summed E-state index contributed by atoms with van der Waals surface area (Å²) in [6.45, 7) is 4.91. The molecule has 0 aliphatic heterocycles. The number of ether oxygens (including phenoxy) is 1. The van der Waals surface area contributed by atoms with Crippen LogP contribution in [0.4, 0.5) is 0 Å². The van der Waals surface area contributed by atoms with Gasteiger partial charge in [0.25, 0.3) is 0 Å². The predicted octanol–water partition coefficient (Wildman–Crippen LogP) is 4.70. The number of ketones is 1. The van der Waals surface area contributed by atoms with Crippen LogP contribution in [0.1, 0.15) is 24.2 Å². The molecule has 0 amide bonds. The lowest BCUT2D eigenvalue weighted by Gasteiger charge is -2.09. The average molecular weight is 300 g/mol. The summed E-state index contributed by atoms with van der Waals surface area (Å²) >= 11 is 1.56. The summed E-state index contributed by atoms with van der Waals surface area (Å²) in [6, 6.07) is 17.4. The molecule has 0 bridgehead atoms. The molecule has 0 aliphatic rings. The lowest BCUT2D eigenvalue weighted by Crippen LogP contribution is -2.05. The Balaban J connectivity index is 1.88. The fourth-order valence-corrected chi connectivity index (χ4v) is 2.56. The van der Waals surface area contributed by atoms with Crippen molar-refractivity contribution in [2.75, 3.05) is 12.4 Å². The first-order chi connectivity index (χ1) is 10.1. The lowest BCUT2D eigenvalue weighted by atomic mass is 10.1. The Morgan fingerprint density at radius 1 is 1.05 bits per heavy atom. The molecule has 2 nitrogen and oxygen atoms in total. The van der Waals surface area contributed by atoms with Crippen molar-refractivity contribution in [2.45, 2.75) is 18.7 Å². The summed E-state index contributed by atoms with van der Waals surface area (Å²) in [7, 11) is 0. The third kappa shape index (κ3) is 5.27. The van der Waals surface area contributed by atoms with E-state index in [-0.39, 0.29) is 5.78 Å². The maximum atomic E-state index is 12.1. The molecule has 0 saturated heterocycles. The van der Waals surface area contributed by atoms with Gasteiger partial charge in [0, 0.05) is 10.5 Å². The van der Waals surface area contributed by atoms with Gasteiger partial charge in [0.1, 0.15) is 5.75 Å². The number of hydrogen-bond donors (Lipinski definition) is 0. The van der Waals surface area contributed by atoms with Crippen molar-refractivity contribution in [1.29, 1.82) is 0 Å². The number of thioether (sulfide) groups is 1. The first-order valence-corrected chi connectivity index (χ1v) is 8.07. The van der Waals surface area contributed by atoms with Gasteiger partial charge < -0.3 is 4.74 Å². The smallest absolute Gasteiger partial charge is 0.173 e. The molecular formula is C18H20O2S. The van der Waals surface area contributed by atoms with Crippen molar-refractivity contribution in [3.8, 4) is 5.75 Å². The second-order valence-corrected chi connectivity index (χ2v) is 6.30. The van der Waals surface area contributed by atoms with E-state index in [1.165, 1.54) is 0 Å². The predicted molar refractivity (Wildman–Crippen MR) is 88.3 cm³/mol. The van der Waals surface area contributed by atoms with Crippen LogP contribution in [-0.4, -0.2) is 18.1 Å². The van der Waals surface area contributed by atoms with Crippen LogP contribution in [0.2, 0.25) is 0 Å². The summed E-state index contributed by atoms with van der Waals surface area (Å²) < 4.78 is 5.61. The molecule has 0 unspecified atom stereocenters. The molecule has 0 heterocycles. The Hall–Kier alpha value is -1.74. The SMILES string of the molecule is CC(C)COc1ccc(C(=O)CSc2ccccc2)cc1. The number of Topliss-reactive ketones (excluding diaryl/α,β-unsaturated/α-hetero) is 1. The Kier molecular flexibility index (Phi) is 5.88. The van der Waals surface area contributed by atoms with E-state index in [1.807, 2.05) is 54.6 Å². The van der Waals surface area contributed by atoms with Crippen LogP contribution in [0.15, 0.2) is 59.5 Å². The molecule has 3 heteroatoms. The molecule has 110 valence electrons. The number of carbonyl (C=O) groups excluding carboxylic acids is 1. The van der Waals surface area contributed by atoms with Crippen LogP contribution >= 0.6 is 11.8 Å². The number of rotatable bonds is 7. The Labute approximate surface area is 130 Å². The lowest BCUT2D eigenvalue weighted by molar-refractivity contribution is 0.102. The normalized spacial score (nSPS) is 10.6. The molecule has 2 rings (SSSR count). The van der Waals surface area contributed by atoms with Crippen molar-refractivity contribution >= 4 is 17.5 Å². The highest BCUT2D eigenvalue weighted by atomic mass is 32.2. The highest BCUT2D eigenvalue weighted by molar-refractivity contribution is 8.00. The number of benzene rings is 2. The van der Waals surface area contributed by atoms with Gasteiger partial charge in [-0.1, -0.05) is 32.0 Å². The van der Waals surface area contributed by atoms with Gasteiger partial charge >= 0.3 is 0 Å². The van der Waals surface area contributed by atoms with Crippen LogP contribution in [0.25, 0.3) is 0 Å². The van der Waals surface area contributed by atoms with Gasteiger partial charge in [-0.25, -0.2) is 0 Å². The van der Waals surface area contributed by atoms with Gasteiger partial charge in [0.15, 0.2) is 5.78 Å². The van der Waals surface area contributed by atoms with Crippen molar-refractivity contribution in [1.82, 2.24) is 0 Å². The van der Waals surface area contributed by atoms with Crippen LogP contribution in [0, 0.1) is 5.92 Å². The van der Waals surface area contributed by atoms with Gasteiger partial charge in [-0.15, -0.1) is 11.8 Å². The molecule has 0 fully saturated rings. The third-order valence-corrected chi connectivity index (χ3v) is 3.88. The van der Waals surface area contributed by atoms with E-state index >= 15 is 0 Å². The standard InChI is InChI=1S/C18H20O2S/c1-14(2)12-20-16-10-8-15(9-11-16)18(19)13-21-17-6-4-3-5-7-17/h3-11,14H,12-13H2,1-2H3. The minimum Gasteiger partial charge on any atom is -0.493 e. The van der Waals surface area contributed by atoms with Crippen molar-refractivity contribution in [3.05, 3.63) is 60.2 Å². The minimum atomic E-state index is 0.138. The highest BCUT2D eigenvalue weighted by Gasteiger charge is 2.07. The van der Waals surface area contributed by atoms with Crippen LogP contribution in [-0.2, 0) is 0 Å². The van der Waals surface area contributed by atoms with Gasteiger partial charge in [-0.05, 0) is 42.3 Å². The molecular weight excluding hydrogens is 280 g/mol. The Morgan fingerprint density at radius 3 is 2.33 bits per heavy atom. The largest absolute Gasteiger partial charge is 0.493 e. The Bertz CT molecular complexity index is 562. The molecule has 0 atom stereocenters. The molecule has 21 heavy (non-hydrogen) atoms. The van der Waals surface area contributed by atoms with E-state index in [1.54, 1.807) is 11.8 Å². The highest BCUT2D eigenvalue weighted by Crippen LogP contribution is 2.20. The number of carbonyl (C=O) groups is 1. The van der Waals surface area contributed by atoms with Crippen molar-refractivity contribution in [3.63, 3.8) is 0 Å². The molecule has 0 aliphatic carbocycles. The summed E-state index contributed by atoms with van der Waals surface area (Å²) in [6.07, 6.45) is 0. The monoisotopic (exact) mass is 300 g/mol. The number of hydrogen-bond acceptors (Lipinski definition) is 3. The minimum absolute atomic E-state index is 0.138.